The molecule has 0 bridgehead atoms. The van der Waals surface area contributed by atoms with Crippen molar-refractivity contribution >= 4 is 27.8 Å². The molecule has 0 fully saturated rings. The van der Waals surface area contributed by atoms with Crippen LogP contribution >= 0.6 is 22.7 Å². The molecular weight excluding hydrogens is 226 g/mol. The van der Waals surface area contributed by atoms with Crippen LogP contribution in [-0.2, 0) is 6.42 Å². The fourth-order valence-corrected chi connectivity index (χ4v) is 2.92. The van der Waals surface area contributed by atoms with Gasteiger partial charge in [-0.2, -0.15) is 0 Å². The molecule has 0 saturated carbocycles. The van der Waals surface area contributed by atoms with E-state index in [1.807, 2.05) is 12.6 Å². The second kappa shape index (κ2) is 4.72. The van der Waals surface area contributed by atoms with Gasteiger partial charge in [0.1, 0.15) is 0 Å². The van der Waals surface area contributed by atoms with Crippen molar-refractivity contribution in [2.24, 2.45) is 0 Å². The lowest BCUT2D eigenvalue weighted by Gasteiger charge is -1.96. The highest BCUT2D eigenvalue weighted by molar-refractivity contribution is 7.15. The normalized spacial score (nSPS) is 10.5. The van der Waals surface area contributed by atoms with Gasteiger partial charge in [-0.25, -0.2) is 9.97 Å². The lowest BCUT2D eigenvalue weighted by Crippen LogP contribution is -1.88. The molecule has 80 valence electrons. The molecule has 2 aromatic heterocycles. The summed E-state index contributed by atoms with van der Waals surface area (Å²) >= 11 is 3.30. The van der Waals surface area contributed by atoms with Crippen LogP contribution in [0.5, 0.6) is 0 Å². The number of hydrogen-bond donors (Lipinski definition) is 1. The largest absolute Gasteiger partial charge is 0.365 e. The Morgan fingerprint density at radius 3 is 2.93 bits per heavy atom. The van der Waals surface area contributed by atoms with Crippen molar-refractivity contribution in [2.45, 2.75) is 19.8 Å². The summed E-state index contributed by atoms with van der Waals surface area (Å²) in [5, 5.41) is 6.09. The molecule has 0 saturated heterocycles. The fourth-order valence-electron chi connectivity index (χ4n) is 1.39. The third kappa shape index (κ3) is 2.18. The van der Waals surface area contributed by atoms with Crippen molar-refractivity contribution in [1.82, 2.24) is 9.97 Å². The van der Waals surface area contributed by atoms with Gasteiger partial charge in [-0.05, 0) is 6.42 Å². The average molecular weight is 239 g/mol. The minimum atomic E-state index is 0.959. The molecule has 0 aliphatic rings. The molecule has 5 heteroatoms. The number of anilines is 1. The molecule has 1 N–H and O–H groups in total. The van der Waals surface area contributed by atoms with E-state index < -0.39 is 0 Å². The SMILES string of the molecule is CCCc1ncsc1-c1csc(NC)n1. The van der Waals surface area contributed by atoms with Gasteiger partial charge in [0.05, 0.1) is 21.8 Å². The lowest BCUT2D eigenvalue weighted by molar-refractivity contribution is 0.894. The summed E-state index contributed by atoms with van der Waals surface area (Å²) < 4.78 is 0. The first-order chi connectivity index (χ1) is 7.35. The van der Waals surface area contributed by atoms with Crippen LogP contribution in [0.1, 0.15) is 19.0 Å². The molecule has 2 heterocycles. The molecule has 0 unspecified atom stereocenters. The Morgan fingerprint density at radius 2 is 2.27 bits per heavy atom. The predicted molar refractivity (Wildman–Crippen MR) is 66.8 cm³/mol. The maximum Gasteiger partial charge on any atom is 0.182 e. The highest BCUT2D eigenvalue weighted by atomic mass is 32.1. The first-order valence-corrected chi connectivity index (χ1v) is 6.67. The van der Waals surface area contributed by atoms with Gasteiger partial charge >= 0.3 is 0 Å². The Balaban J connectivity index is 2.31. The molecule has 0 amide bonds. The summed E-state index contributed by atoms with van der Waals surface area (Å²) in [4.78, 5) is 10.1. The van der Waals surface area contributed by atoms with Crippen LogP contribution in [0.15, 0.2) is 10.9 Å². The van der Waals surface area contributed by atoms with Crippen molar-refractivity contribution in [2.75, 3.05) is 12.4 Å². The second-order valence-corrected chi connectivity index (χ2v) is 4.88. The number of nitrogens with zero attached hydrogens (tertiary/aromatic N) is 2. The van der Waals surface area contributed by atoms with E-state index in [1.54, 1.807) is 22.7 Å². The highest BCUT2D eigenvalue weighted by Crippen LogP contribution is 2.30. The molecule has 0 aromatic carbocycles. The van der Waals surface area contributed by atoms with Crippen LogP contribution in [0.3, 0.4) is 0 Å². The van der Waals surface area contributed by atoms with Crippen LogP contribution in [0, 0.1) is 0 Å². The highest BCUT2D eigenvalue weighted by Gasteiger charge is 2.10. The zero-order valence-corrected chi connectivity index (χ0v) is 10.4. The molecule has 0 spiro atoms. The summed E-state index contributed by atoms with van der Waals surface area (Å²) in [7, 11) is 1.89. The second-order valence-electron chi connectivity index (χ2n) is 3.17. The molecule has 0 atom stereocenters. The van der Waals surface area contributed by atoms with Crippen LogP contribution in [-0.4, -0.2) is 17.0 Å². The monoisotopic (exact) mass is 239 g/mol. The number of aryl methyl sites for hydroxylation is 1. The third-order valence-electron chi connectivity index (χ3n) is 2.08. The fraction of sp³-hybridized carbons (Fsp3) is 0.400. The molecule has 3 nitrogen and oxygen atoms in total. The van der Waals surface area contributed by atoms with Gasteiger partial charge in [0, 0.05) is 12.4 Å². The van der Waals surface area contributed by atoms with Gasteiger partial charge in [0.2, 0.25) is 0 Å². The molecule has 0 aliphatic carbocycles. The Kier molecular flexibility index (Phi) is 3.33. The third-order valence-corrected chi connectivity index (χ3v) is 3.83. The Hall–Kier alpha value is -0.940. The van der Waals surface area contributed by atoms with E-state index in [4.69, 9.17) is 0 Å². The van der Waals surface area contributed by atoms with Crippen LogP contribution in [0.2, 0.25) is 0 Å². The van der Waals surface area contributed by atoms with Gasteiger partial charge in [-0.15, -0.1) is 22.7 Å². The minimum Gasteiger partial charge on any atom is -0.365 e. The van der Waals surface area contributed by atoms with Crippen molar-refractivity contribution in [1.29, 1.82) is 0 Å². The zero-order chi connectivity index (χ0) is 10.7. The van der Waals surface area contributed by atoms with Gasteiger partial charge in [0.25, 0.3) is 0 Å². The number of nitrogens with one attached hydrogen (secondary N) is 1. The first-order valence-electron chi connectivity index (χ1n) is 4.91. The van der Waals surface area contributed by atoms with Gasteiger partial charge in [-0.3, -0.25) is 0 Å². The maximum absolute atomic E-state index is 4.49. The van der Waals surface area contributed by atoms with E-state index in [0.29, 0.717) is 0 Å². The molecule has 2 rings (SSSR count). The summed E-state index contributed by atoms with van der Waals surface area (Å²) in [5.41, 5.74) is 4.13. The molecular formula is C10H13N3S2. The lowest BCUT2D eigenvalue weighted by atomic mass is 10.2. The van der Waals surface area contributed by atoms with Crippen molar-refractivity contribution in [3.8, 4) is 10.6 Å². The Bertz CT molecular complexity index is 433. The molecule has 0 radical (unpaired) electrons. The smallest absolute Gasteiger partial charge is 0.182 e. The van der Waals surface area contributed by atoms with E-state index in [0.717, 1.165) is 23.7 Å². The minimum absolute atomic E-state index is 0.959. The Labute approximate surface area is 97.2 Å². The molecule has 2 aromatic rings. The van der Waals surface area contributed by atoms with Crippen molar-refractivity contribution < 1.29 is 0 Å². The van der Waals surface area contributed by atoms with E-state index in [2.05, 4.69) is 27.6 Å². The van der Waals surface area contributed by atoms with E-state index in [1.165, 1.54) is 10.6 Å². The Morgan fingerprint density at radius 1 is 1.40 bits per heavy atom. The van der Waals surface area contributed by atoms with Crippen molar-refractivity contribution in [3.05, 3.63) is 16.6 Å². The topological polar surface area (TPSA) is 37.8 Å². The van der Waals surface area contributed by atoms with E-state index >= 15 is 0 Å². The summed E-state index contributed by atoms with van der Waals surface area (Å²) in [5.74, 6) is 0. The van der Waals surface area contributed by atoms with Gasteiger partial charge < -0.3 is 5.32 Å². The zero-order valence-electron chi connectivity index (χ0n) is 8.78. The van der Waals surface area contributed by atoms with Crippen LogP contribution in [0.25, 0.3) is 10.6 Å². The first kappa shape index (κ1) is 10.6. The average Bonchev–Trinajstić information content (AvgIpc) is 2.85. The van der Waals surface area contributed by atoms with Crippen LogP contribution < -0.4 is 5.32 Å². The van der Waals surface area contributed by atoms with Crippen molar-refractivity contribution in [3.63, 3.8) is 0 Å². The summed E-state index contributed by atoms with van der Waals surface area (Å²) in [6.45, 7) is 2.17. The molecule has 15 heavy (non-hydrogen) atoms. The summed E-state index contributed by atoms with van der Waals surface area (Å²) in [6.07, 6.45) is 2.16. The molecule has 0 aliphatic heterocycles. The van der Waals surface area contributed by atoms with Crippen LogP contribution in [0.4, 0.5) is 5.13 Å². The predicted octanol–water partition coefficient (Wildman–Crippen LogP) is 3.26. The summed E-state index contributed by atoms with van der Waals surface area (Å²) in [6, 6.07) is 0. The van der Waals surface area contributed by atoms with E-state index in [9.17, 15) is 0 Å². The number of hydrogen-bond acceptors (Lipinski definition) is 5. The van der Waals surface area contributed by atoms with Gasteiger partial charge in [0.15, 0.2) is 5.13 Å². The quantitative estimate of drug-likeness (QED) is 0.890. The number of thiazole rings is 2. The number of aromatic nitrogens is 2. The van der Waals surface area contributed by atoms with E-state index in [-0.39, 0.29) is 0 Å². The maximum atomic E-state index is 4.49. The standard InChI is InChI=1S/C10H13N3S2/c1-3-4-7-9(15-6-12-7)8-5-14-10(11-2)13-8/h5-6H,3-4H2,1-2H3,(H,11,13). The number of rotatable bonds is 4. The van der Waals surface area contributed by atoms with Gasteiger partial charge in [-0.1, -0.05) is 13.3 Å².